The van der Waals surface area contributed by atoms with E-state index in [2.05, 4.69) is 0 Å². The van der Waals surface area contributed by atoms with Crippen molar-refractivity contribution in [2.75, 3.05) is 26.2 Å². The molecule has 104 valence electrons. The second-order valence-electron chi connectivity index (χ2n) is 4.95. The van der Waals surface area contributed by atoms with Crippen LogP contribution >= 0.6 is 0 Å². The molecule has 0 spiro atoms. The quantitative estimate of drug-likeness (QED) is 0.705. The van der Waals surface area contributed by atoms with E-state index in [1.54, 1.807) is 9.80 Å². The molecule has 0 radical (unpaired) electrons. The predicted octanol–water partition coefficient (Wildman–Crippen LogP) is 1.04. The Morgan fingerprint density at radius 3 is 2.22 bits per heavy atom. The summed E-state index contributed by atoms with van der Waals surface area (Å²) >= 11 is 0. The van der Waals surface area contributed by atoms with Crippen molar-refractivity contribution in [3.05, 3.63) is 0 Å². The number of hydrogen-bond donors (Lipinski definition) is 1. The molecule has 1 atom stereocenters. The molecule has 0 aromatic heterocycles. The Balaban J connectivity index is 2.63. The Morgan fingerprint density at radius 2 is 1.83 bits per heavy atom. The van der Waals surface area contributed by atoms with Gasteiger partial charge >= 0.3 is 5.97 Å². The fraction of sp³-hybridized carbons (Fsp3) is 0.846. The summed E-state index contributed by atoms with van der Waals surface area (Å²) in [6.07, 6.45) is 2.31. The van der Waals surface area contributed by atoms with Gasteiger partial charge in [0.15, 0.2) is 0 Å². The van der Waals surface area contributed by atoms with Gasteiger partial charge in [-0.2, -0.15) is 0 Å². The van der Waals surface area contributed by atoms with Gasteiger partial charge in [0.2, 0.25) is 5.91 Å². The number of nitrogens with zero attached hydrogens (tertiary/aromatic N) is 2. The molecule has 1 N–H and O–H groups in total. The van der Waals surface area contributed by atoms with Gasteiger partial charge in [-0.1, -0.05) is 0 Å². The van der Waals surface area contributed by atoms with E-state index in [1.165, 1.54) is 0 Å². The number of carbonyl (C=O) groups is 2. The summed E-state index contributed by atoms with van der Waals surface area (Å²) in [7, 11) is 0. The molecule has 0 saturated heterocycles. The lowest BCUT2D eigenvalue weighted by atomic mass is 10.2. The van der Waals surface area contributed by atoms with Gasteiger partial charge in [0, 0.05) is 19.6 Å². The summed E-state index contributed by atoms with van der Waals surface area (Å²) in [4.78, 5) is 26.7. The lowest BCUT2D eigenvalue weighted by Crippen LogP contribution is -2.49. The van der Waals surface area contributed by atoms with Gasteiger partial charge in [0.25, 0.3) is 0 Å². The minimum Gasteiger partial charge on any atom is -0.480 e. The maximum absolute atomic E-state index is 12.2. The Morgan fingerprint density at radius 1 is 1.28 bits per heavy atom. The number of carbonyl (C=O) groups excluding carboxylic acids is 1. The second-order valence-corrected chi connectivity index (χ2v) is 4.95. The number of likely N-dealkylation sites (N-methyl/N-ethyl adjacent to an activating group) is 1. The maximum Gasteiger partial charge on any atom is 0.317 e. The number of aliphatic carboxylic acids is 1. The Kier molecular flexibility index (Phi) is 5.59. The highest BCUT2D eigenvalue weighted by atomic mass is 16.4. The molecule has 1 fully saturated rings. The standard InChI is InChI=1S/C13H24N2O3/c1-4-14(5-2)13(18)10(3)15(9-12(16)17)8-11-6-7-11/h10-11H,4-9H2,1-3H3,(H,16,17). The van der Waals surface area contributed by atoms with Crippen molar-refractivity contribution in [2.24, 2.45) is 5.92 Å². The number of amides is 1. The van der Waals surface area contributed by atoms with E-state index in [0.29, 0.717) is 19.0 Å². The van der Waals surface area contributed by atoms with Crippen LogP contribution in [0.15, 0.2) is 0 Å². The summed E-state index contributed by atoms with van der Waals surface area (Å²) in [5.74, 6) is -0.256. The first kappa shape index (κ1) is 15.0. The van der Waals surface area contributed by atoms with E-state index in [0.717, 1.165) is 19.4 Å². The molecule has 0 bridgehead atoms. The van der Waals surface area contributed by atoms with Crippen molar-refractivity contribution in [3.63, 3.8) is 0 Å². The third kappa shape index (κ3) is 4.29. The molecule has 1 unspecified atom stereocenters. The average molecular weight is 256 g/mol. The SMILES string of the molecule is CCN(CC)C(=O)C(C)N(CC(=O)O)CC1CC1. The molecule has 5 heteroatoms. The summed E-state index contributed by atoms with van der Waals surface area (Å²) in [5, 5.41) is 8.93. The lowest BCUT2D eigenvalue weighted by Gasteiger charge is -2.30. The Labute approximate surface area is 109 Å². The number of carboxylic acid groups (broad SMARTS) is 1. The van der Waals surface area contributed by atoms with Crippen molar-refractivity contribution < 1.29 is 14.7 Å². The van der Waals surface area contributed by atoms with Crippen LogP contribution in [-0.4, -0.2) is 59.0 Å². The van der Waals surface area contributed by atoms with Crippen LogP contribution in [0.3, 0.4) is 0 Å². The van der Waals surface area contributed by atoms with Crippen LogP contribution in [0.1, 0.15) is 33.6 Å². The van der Waals surface area contributed by atoms with Gasteiger partial charge in [0.05, 0.1) is 12.6 Å². The minimum atomic E-state index is -0.866. The van der Waals surface area contributed by atoms with E-state index in [1.807, 2.05) is 20.8 Å². The summed E-state index contributed by atoms with van der Waals surface area (Å²) in [6, 6.07) is -0.346. The third-order valence-corrected chi connectivity index (χ3v) is 3.51. The normalized spacial score (nSPS) is 16.7. The van der Waals surface area contributed by atoms with Gasteiger partial charge in [-0.15, -0.1) is 0 Å². The van der Waals surface area contributed by atoms with Gasteiger partial charge < -0.3 is 10.0 Å². The van der Waals surface area contributed by atoms with Crippen LogP contribution in [0.5, 0.6) is 0 Å². The zero-order valence-electron chi connectivity index (χ0n) is 11.6. The molecule has 5 nitrogen and oxygen atoms in total. The molecular weight excluding hydrogens is 232 g/mol. The first-order chi connectivity index (χ1) is 8.49. The second kappa shape index (κ2) is 6.73. The van der Waals surface area contributed by atoms with Crippen molar-refractivity contribution in [2.45, 2.75) is 39.7 Å². The zero-order chi connectivity index (χ0) is 13.7. The summed E-state index contributed by atoms with van der Waals surface area (Å²) in [5.41, 5.74) is 0. The van der Waals surface area contributed by atoms with Crippen LogP contribution in [0, 0.1) is 5.92 Å². The molecule has 1 amide bonds. The zero-order valence-corrected chi connectivity index (χ0v) is 11.6. The molecule has 0 aliphatic heterocycles. The highest BCUT2D eigenvalue weighted by molar-refractivity contribution is 5.82. The predicted molar refractivity (Wildman–Crippen MR) is 69.3 cm³/mol. The van der Waals surface area contributed by atoms with E-state index < -0.39 is 5.97 Å². The van der Waals surface area contributed by atoms with Gasteiger partial charge in [-0.3, -0.25) is 14.5 Å². The minimum absolute atomic E-state index is 0.0295. The van der Waals surface area contributed by atoms with Gasteiger partial charge in [-0.05, 0) is 39.5 Å². The molecular formula is C13H24N2O3. The molecule has 1 aliphatic carbocycles. The molecule has 0 aromatic carbocycles. The number of carboxylic acids is 1. The van der Waals surface area contributed by atoms with Gasteiger partial charge in [0.1, 0.15) is 0 Å². The molecule has 18 heavy (non-hydrogen) atoms. The Bertz CT molecular complexity index is 299. The van der Waals surface area contributed by atoms with Crippen LogP contribution in [0.4, 0.5) is 0 Å². The van der Waals surface area contributed by atoms with E-state index >= 15 is 0 Å². The molecule has 1 rings (SSSR count). The highest BCUT2D eigenvalue weighted by Gasteiger charge is 2.31. The van der Waals surface area contributed by atoms with Gasteiger partial charge in [-0.25, -0.2) is 0 Å². The monoisotopic (exact) mass is 256 g/mol. The van der Waals surface area contributed by atoms with Crippen molar-refractivity contribution in [1.82, 2.24) is 9.80 Å². The molecule has 0 aromatic rings. The highest BCUT2D eigenvalue weighted by Crippen LogP contribution is 2.30. The fourth-order valence-electron chi connectivity index (χ4n) is 2.12. The summed E-state index contributed by atoms with van der Waals surface area (Å²) < 4.78 is 0. The van der Waals surface area contributed by atoms with E-state index in [-0.39, 0.29) is 18.5 Å². The average Bonchev–Trinajstić information content (AvgIpc) is 3.12. The fourth-order valence-corrected chi connectivity index (χ4v) is 2.12. The van der Waals surface area contributed by atoms with Crippen molar-refractivity contribution in [1.29, 1.82) is 0 Å². The number of rotatable bonds is 8. The van der Waals surface area contributed by atoms with Crippen LogP contribution in [-0.2, 0) is 9.59 Å². The largest absolute Gasteiger partial charge is 0.480 e. The van der Waals surface area contributed by atoms with Crippen LogP contribution < -0.4 is 0 Å². The smallest absolute Gasteiger partial charge is 0.317 e. The van der Waals surface area contributed by atoms with Crippen molar-refractivity contribution in [3.8, 4) is 0 Å². The maximum atomic E-state index is 12.2. The first-order valence-corrected chi connectivity index (χ1v) is 6.74. The topological polar surface area (TPSA) is 60.9 Å². The summed E-state index contributed by atoms with van der Waals surface area (Å²) in [6.45, 7) is 7.71. The molecule has 0 heterocycles. The first-order valence-electron chi connectivity index (χ1n) is 6.74. The molecule has 1 aliphatic rings. The van der Waals surface area contributed by atoms with Crippen LogP contribution in [0.25, 0.3) is 0 Å². The van der Waals surface area contributed by atoms with E-state index in [4.69, 9.17) is 5.11 Å². The van der Waals surface area contributed by atoms with Crippen LogP contribution in [0.2, 0.25) is 0 Å². The Hall–Kier alpha value is -1.10. The van der Waals surface area contributed by atoms with Crippen molar-refractivity contribution >= 4 is 11.9 Å². The van der Waals surface area contributed by atoms with E-state index in [9.17, 15) is 9.59 Å². The third-order valence-electron chi connectivity index (χ3n) is 3.51. The number of hydrogen-bond acceptors (Lipinski definition) is 3. The lowest BCUT2D eigenvalue weighted by molar-refractivity contribution is -0.142. The molecule has 1 saturated carbocycles.